The molecule has 0 aliphatic rings. The molecule has 0 saturated heterocycles. The van der Waals surface area contributed by atoms with Crippen molar-refractivity contribution < 1.29 is 0 Å². The van der Waals surface area contributed by atoms with Gasteiger partial charge in [0, 0.05) is 17.1 Å². The van der Waals surface area contributed by atoms with Crippen LogP contribution in [0, 0.1) is 13.8 Å². The molecule has 88 valence electrons. The summed E-state index contributed by atoms with van der Waals surface area (Å²) in [7, 11) is 1.86. The van der Waals surface area contributed by atoms with Crippen LogP contribution in [-0.4, -0.2) is 17.2 Å². The second-order valence-electron chi connectivity index (χ2n) is 3.91. The molecule has 0 radical (unpaired) electrons. The molecule has 1 N–H and O–H groups in total. The van der Waals surface area contributed by atoms with Crippen molar-refractivity contribution in [3.63, 3.8) is 0 Å². The highest BCUT2D eigenvalue weighted by Crippen LogP contribution is 2.27. The number of nitrogens with zero attached hydrogens (tertiary/aromatic N) is 2. The Labute approximate surface area is 109 Å². The summed E-state index contributed by atoms with van der Waals surface area (Å²) < 4.78 is 1.05. The fraction of sp³-hybridized carbons (Fsp3) is 0.231. The highest BCUT2D eigenvalue weighted by Gasteiger charge is 2.10. The topological polar surface area (TPSA) is 37.8 Å². The zero-order valence-electron chi connectivity index (χ0n) is 10.1. The van der Waals surface area contributed by atoms with Gasteiger partial charge in [-0.05, 0) is 37.1 Å². The van der Waals surface area contributed by atoms with Gasteiger partial charge in [0.05, 0.1) is 5.69 Å². The number of anilines is 1. The van der Waals surface area contributed by atoms with E-state index in [1.807, 2.05) is 25.2 Å². The Morgan fingerprint density at radius 3 is 2.53 bits per heavy atom. The van der Waals surface area contributed by atoms with E-state index in [1.54, 1.807) is 0 Å². The van der Waals surface area contributed by atoms with Crippen LogP contribution in [0.3, 0.4) is 0 Å². The van der Waals surface area contributed by atoms with E-state index in [-0.39, 0.29) is 0 Å². The summed E-state index contributed by atoms with van der Waals surface area (Å²) in [6.45, 7) is 4.12. The summed E-state index contributed by atoms with van der Waals surface area (Å²) in [6, 6.07) is 8.10. The molecular weight excluding hydrogens is 278 g/mol. The maximum absolute atomic E-state index is 4.29. The van der Waals surface area contributed by atoms with E-state index >= 15 is 0 Å². The van der Waals surface area contributed by atoms with E-state index in [1.165, 1.54) is 0 Å². The molecule has 1 heterocycles. The second kappa shape index (κ2) is 4.84. The fourth-order valence-corrected chi connectivity index (χ4v) is 2.15. The van der Waals surface area contributed by atoms with E-state index in [2.05, 4.69) is 51.4 Å². The van der Waals surface area contributed by atoms with Gasteiger partial charge < -0.3 is 5.32 Å². The maximum atomic E-state index is 4.29. The number of hydrogen-bond donors (Lipinski definition) is 1. The first-order chi connectivity index (χ1) is 8.13. The summed E-state index contributed by atoms with van der Waals surface area (Å²) in [6.07, 6.45) is 0. The van der Waals surface area contributed by atoms with Crippen LogP contribution >= 0.6 is 15.9 Å². The van der Waals surface area contributed by atoms with Gasteiger partial charge in [-0.25, -0.2) is 0 Å². The molecule has 0 atom stereocenters. The summed E-state index contributed by atoms with van der Waals surface area (Å²) in [4.78, 5) is 0. The first-order valence-corrected chi connectivity index (χ1v) is 6.20. The minimum Gasteiger partial charge on any atom is -0.371 e. The summed E-state index contributed by atoms with van der Waals surface area (Å²) in [5, 5.41) is 11.5. The third kappa shape index (κ3) is 2.31. The largest absolute Gasteiger partial charge is 0.371 e. The van der Waals surface area contributed by atoms with Crippen molar-refractivity contribution in [3.05, 3.63) is 39.9 Å². The molecule has 2 rings (SSSR count). The molecule has 17 heavy (non-hydrogen) atoms. The van der Waals surface area contributed by atoms with Crippen molar-refractivity contribution >= 4 is 21.7 Å². The van der Waals surface area contributed by atoms with E-state index in [4.69, 9.17) is 0 Å². The van der Waals surface area contributed by atoms with Crippen LogP contribution in [0.15, 0.2) is 28.7 Å². The van der Waals surface area contributed by atoms with Crippen LogP contribution in [-0.2, 0) is 0 Å². The highest BCUT2D eigenvalue weighted by atomic mass is 79.9. The van der Waals surface area contributed by atoms with Crippen LogP contribution in [0.25, 0.3) is 11.3 Å². The fourth-order valence-electron chi connectivity index (χ4n) is 1.75. The average molecular weight is 292 g/mol. The summed E-state index contributed by atoms with van der Waals surface area (Å²) in [5.74, 6) is 0.834. The molecule has 0 aliphatic heterocycles. The smallest absolute Gasteiger partial charge is 0.151 e. The molecule has 0 bridgehead atoms. The van der Waals surface area contributed by atoms with Crippen molar-refractivity contribution in [2.75, 3.05) is 12.4 Å². The molecule has 3 nitrogen and oxygen atoms in total. The second-order valence-corrected chi connectivity index (χ2v) is 4.82. The van der Waals surface area contributed by atoms with Gasteiger partial charge >= 0.3 is 0 Å². The number of hydrogen-bond acceptors (Lipinski definition) is 3. The lowest BCUT2D eigenvalue weighted by molar-refractivity contribution is 1.00. The Morgan fingerprint density at radius 1 is 1.12 bits per heavy atom. The predicted octanol–water partition coefficient (Wildman–Crippen LogP) is 3.56. The van der Waals surface area contributed by atoms with Crippen LogP contribution in [0.1, 0.15) is 11.1 Å². The average Bonchev–Trinajstić information content (AvgIpc) is 2.32. The van der Waals surface area contributed by atoms with Crippen LogP contribution in [0.5, 0.6) is 0 Å². The van der Waals surface area contributed by atoms with Gasteiger partial charge in [-0.1, -0.05) is 28.1 Å². The summed E-state index contributed by atoms with van der Waals surface area (Å²) >= 11 is 3.47. The van der Waals surface area contributed by atoms with E-state index in [0.29, 0.717) is 0 Å². The maximum Gasteiger partial charge on any atom is 0.151 e. The molecule has 4 heteroatoms. The first-order valence-electron chi connectivity index (χ1n) is 5.41. The van der Waals surface area contributed by atoms with Gasteiger partial charge in [-0.15, -0.1) is 10.2 Å². The standard InChI is InChI=1S/C13H14BrN3/c1-8-9(2)13(15-3)17-16-12(8)10-5-4-6-11(14)7-10/h4-7H,1-3H3,(H,15,17). The van der Waals surface area contributed by atoms with Gasteiger partial charge in [0.1, 0.15) is 0 Å². The Kier molecular flexibility index (Phi) is 3.43. The van der Waals surface area contributed by atoms with Crippen LogP contribution in [0.2, 0.25) is 0 Å². The van der Waals surface area contributed by atoms with Crippen molar-refractivity contribution in [2.45, 2.75) is 13.8 Å². The zero-order valence-corrected chi connectivity index (χ0v) is 11.7. The van der Waals surface area contributed by atoms with Gasteiger partial charge in [-0.2, -0.15) is 0 Å². The highest BCUT2D eigenvalue weighted by molar-refractivity contribution is 9.10. The quantitative estimate of drug-likeness (QED) is 0.919. The molecule has 1 aromatic heterocycles. The molecular formula is C13H14BrN3. The molecule has 0 amide bonds. The van der Waals surface area contributed by atoms with Crippen molar-refractivity contribution in [2.24, 2.45) is 0 Å². The lowest BCUT2D eigenvalue weighted by Gasteiger charge is -2.10. The van der Waals surface area contributed by atoms with Gasteiger partial charge in [0.15, 0.2) is 5.82 Å². The molecule has 1 aromatic carbocycles. The molecule has 0 unspecified atom stereocenters. The van der Waals surface area contributed by atoms with Gasteiger partial charge in [0.2, 0.25) is 0 Å². The van der Waals surface area contributed by atoms with Crippen molar-refractivity contribution in [1.29, 1.82) is 0 Å². The number of benzene rings is 1. The third-order valence-electron chi connectivity index (χ3n) is 2.86. The molecule has 0 spiro atoms. The Balaban J connectivity index is 2.57. The summed E-state index contributed by atoms with van der Waals surface area (Å²) in [5.41, 5.74) is 4.30. The number of rotatable bonds is 2. The van der Waals surface area contributed by atoms with Gasteiger partial charge in [-0.3, -0.25) is 0 Å². The zero-order chi connectivity index (χ0) is 12.4. The monoisotopic (exact) mass is 291 g/mol. The van der Waals surface area contributed by atoms with Crippen molar-refractivity contribution in [1.82, 2.24) is 10.2 Å². The first kappa shape index (κ1) is 12.0. The van der Waals surface area contributed by atoms with E-state index in [9.17, 15) is 0 Å². The van der Waals surface area contributed by atoms with Gasteiger partial charge in [0.25, 0.3) is 0 Å². The Morgan fingerprint density at radius 2 is 1.88 bits per heavy atom. The molecule has 0 aliphatic carbocycles. The molecule has 0 fully saturated rings. The SMILES string of the molecule is CNc1nnc(-c2cccc(Br)c2)c(C)c1C. The van der Waals surface area contributed by atoms with Crippen LogP contribution in [0.4, 0.5) is 5.82 Å². The lowest BCUT2D eigenvalue weighted by atomic mass is 10.0. The third-order valence-corrected chi connectivity index (χ3v) is 3.35. The molecule has 0 saturated carbocycles. The Hall–Kier alpha value is -1.42. The minimum absolute atomic E-state index is 0.834. The molecule has 2 aromatic rings. The van der Waals surface area contributed by atoms with E-state index < -0.39 is 0 Å². The Bertz CT molecular complexity index is 552. The number of aromatic nitrogens is 2. The predicted molar refractivity (Wildman–Crippen MR) is 74.2 cm³/mol. The minimum atomic E-state index is 0.834. The number of nitrogens with one attached hydrogen (secondary N) is 1. The van der Waals surface area contributed by atoms with E-state index in [0.717, 1.165) is 32.7 Å². The lowest BCUT2D eigenvalue weighted by Crippen LogP contribution is -2.02. The normalized spacial score (nSPS) is 10.4. The van der Waals surface area contributed by atoms with Crippen molar-refractivity contribution in [3.8, 4) is 11.3 Å². The van der Waals surface area contributed by atoms with Crippen LogP contribution < -0.4 is 5.32 Å². The number of halogens is 1.